The minimum absolute atomic E-state index is 0.0300. The van der Waals surface area contributed by atoms with Gasteiger partial charge in [-0.1, -0.05) is 24.3 Å². The third kappa shape index (κ3) is 4.85. The maximum absolute atomic E-state index is 13.5. The lowest BCUT2D eigenvalue weighted by molar-refractivity contribution is -0.139. The van der Waals surface area contributed by atoms with Crippen LogP contribution in [0.2, 0.25) is 0 Å². The molecule has 7 nitrogen and oxygen atoms in total. The molecule has 11 heteroatoms. The number of nitrogens with one attached hydrogen (secondary N) is 1. The summed E-state index contributed by atoms with van der Waals surface area (Å²) in [7, 11) is -4.54. The molecule has 2 aliphatic heterocycles. The number of para-hydroxylation sites is 2. The van der Waals surface area contributed by atoms with Crippen molar-refractivity contribution in [1.29, 1.82) is 0 Å². The monoisotopic (exact) mass is 483 g/mol. The van der Waals surface area contributed by atoms with Crippen molar-refractivity contribution in [1.82, 2.24) is 4.31 Å². The van der Waals surface area contributed by atoms with Gasteiger partial charge in [-0.2, -0.15) is 17.5 Å². The van der Waals surface area contributed by atoms with Crippen LogP contribution in [0.4, 0.5) is 24.5 Å². The molecule has 1 N–H and O–H groups in total. The highest BCUT2D eigenvalue weighted by atomic mass is 32.2. The normalized spacial score (nSPS) is 20.1. The van der Waals surface area contributed by atoms with Gasteiger partial charge in [-0.3, -0.25) is 4.79 Å². The standard InChI is InChI=1S/C22H24F3N3O4S/c23-22(24,25)16-6-1-4-10-20(16)33(30,31)28-11-5-9-19(28)21(29)26-17-7-2-3-8-18(17)27-12-14-32-15-13-27/h1-4,6-8,10,19H,5,9,11-15H2,(H,26,29)/t19-/m0/s1. The number of anilines is 2. The van der Waals surface area contributed by atoms with Crippen molar-refractivity contribution in [3.05, 3.63) is 54.1 Å². The number of nitrogens with zero attached hydrogens (tertiary/aromatic N) is 2. The van der Waals surface area contributed by atoms with E-state index < -0.39 is 38.6 Å². The zero-order chi connectivity index (χ0) is 23.6. The number of alkyl halides is 3. The van der Waals surface area contributed by atoms with Crippen molar-refractivity contribution in [2.75, 3.05) is 43.1 Å². The summed E-state index contributed by atoms with van der Waals surface area (Å²) in [6, 6.07) is 10.1. The average molecular weight is 484 g/mol. The van der Waals surface area contributed by atoms with Crippen LogP contribution in [0.5, 0.6) is 0 Å². The Morgan fingerprint density at radius 1 is 1.00 bits per heavy atom. The van der Waals surface area contributed by atoms with Gasteiger partial charge in [-0.25, -0.2) is 8.42 Å². The summed E-state index contributed by atoms with van der Waals surface area (Å²) in [6.07, 6.45) is -4.24. The van der Waals surface area contributed by atoms with E-state index in [1.807, 2.05) is 12.1 Å². The molecular weight excluding hydrogens is 459 g/mol. The second kappa shape index (κ2) is 9.32. The summed E-state index contributed by atoms with van der Waals surface area (Å²) in [6.45, 7) is 2.36. The zero-order valence-electron chi connectivity index (χ0n) is 17.7. The van der Waals surface area contributed by atoms with Crippen LogP contribution < -0.4 is 10.2 Å². The summed E-state index contributed by atoms with van der Waals surface area (Å²) < 4.78 is 73.0. The molecule has 0 unspecified atom stereocenters. The van der Waals surface area contributed by atoms with Gasteiger partial charge in [0, 0.05) is 19.6 Å². The van der Waals surface area contributed by atoms with E-state index in [0.29, 0.717) is 38.4 Å². The Morgan fingerprint density at radius 3 is 2.39 bits per heavy atom. The Hall–Kier alpha value is -2.63. The molecule has 2 fully saturated rings. The molecule has 2 aliphatic rings. The predicted molar refractivity (Wildman–Crippen MR) is 116 cm³/mol. The first-order chi connectivity index (χ1) is 15.7. The molecule has 0 aromatic heterocycles. The highest BCUT2D eigenvalue weighted by Gasteiger charge is 2.44. The number of hydrogen-bond acceptors (Lipinski definition) is 5. The molecule has 4 rings (SSSR count). The Balaban J connectivity index is 1.59. The average Bonchev–Trinajstić information content (AvgIpc) is 3.31. The van der Waals surface area contributed by atoms with Crippen LogP contribution in [-0.2, 0) is 25.7 Å². The second-order valence-corrected chi connectivity index (χ2v) is 9.73. The molecule has 2 saturated heterocycles. The third-order valence-electron chi connectivity index (χ3n) is 5.80. The fourth-order valence-corrected chi connectivity index (χ4v) is 6.09. The van der Waals surface area contributed by atoms with E-state index >= 15 is 0 Å². The molecule has 2 heterocycles. The number of rotatable bonds is 5. The number of hydrogen-bond donors (Lipinski definition) is 1. The van der Waals surface area contributed by atoms with Gasteiger partial charge in [0.25, 0.3) is 0 Å². The summed E-state index contributed by atoms with van der Waals surface area (Å²) in [4.78, 5) is 14.4. The van der Waals surface area contributed by atoms with E-state index in [4.69, 9.17) is 4.74 Å². The van der Waals surface area contributed by atoms with Crippen LogP contribution in [0.1, 0.15) is 18.4 Å². The Morgan fingerprint density at radius 2 is 1.67 bits per heavy atom. The maximum atomic E-state index is 13.5. The van der Waals surface area contributed by atoms with Gasteiger partial charge < -0.3 is 15.0 Å². The highest BCUT2D eigenvalue weighted by molar-refractivity contribution is 7.89. The number of carbonyl (C=O) groups excluding carboxylic acids is 1. The van der Waals surface area contributed by atoms with Crippen molar-refractivity contribution >= 4 is 27.3 Å². The molecule has 0 radical (unpaired) electrons. The number of morpholine rings is 1. The molecule has 2 aromatic carbocycles. The van der Waals surface area contributed by atoms with Gasteiger partial charge in [-0.15, -0.1) is 0 Å². The summed E-state index contributed by atoms with van der Waals surface area (Å²) >= 11 is 0. The van der Waals surface area contributed by atoms with E-state index in [9.17, 15) is 26.4 Å². The van der Waals surface area contributed by atoms with Crippen molar-refractivity contribution in [3.8, 4) is 0 Å². The number of halogens is 3. The van der Waals surface area contributed by atoms with Crippen molar-refractivity contribution < 1.29 is 31.1 Å². The van der Waals surface area contributed by atoms with Gasteiger partial charge in [0.05, 0.1) is 35.0 Å². The lowest BCUT2D eigenvalue weighted by atomic mass is 10.2. The van der Waals surface area contributed by atoms with Crippen LogP contribution in [-0.4, -0.2) is 57.5 Å². The van der Waals surface area contributed by atoms with Gasteiger partial charge in [0.1, 0.15) is 6.04 Å². The van der Waals surface area contributed by atoms with Crippen molar-refractivity contribution in [2.45, 2.75) is 30.0 Å². The topological polar surface area (TPSA) is 79.0 Å². The van der Waals surface area contributed by atoms with E-state index in [0.717, 1.165) is 28.2 Å². The quantitative estimate of drug-likeness (QED) is 0.706. The van der Waals surface area contributed by atoms with Gasteiger partial charge in [0.2, 0.25) is 15.9 Å². The summed E-state index contributed by atoms with van der Waals surface area (Å²) in [5.74, 6) is -0.568. The number of benzene rings is 2. The fourth-order valence-electron chi connectivity index (χ4n) is 4.22. The molecule has 0 saturated carbocycles. The SMILES string of the molecule is O=C(Nc1ccccc1N1CCOCC1)[C@@H]1CCCN1S(=O)(=O)c1ccccc1C(F)(F)F. The first-order valence-corrected chi connectivity index (χ1v) is 12.0. The molecule has 0 spiro atoms. The lowest BCUT2D eigenvalue weighted by Gasteiger charge is -2.31. The first kappa shape index (κ1) is 23.5. The van der Waals surface area contributed by atoms with Gasteiger partial charge in [0.15, 0.2) is 0 Å². The molecule has 178 valence electrons. The molecule has 0 aliphatic carbocycles. The van der Waals surface area contributed by atoms with Crippen LogP contribution in [0.15, 0.2) is 53.4 Å². The second-order valence-electron chi connectivity index (χ2n) is 7.87. The minimum atomic E-state index is -4.84. The van der Waals surface area contributed by atoms with Crippen LogP contribution in [0, 0.1) is 0 Å². The molecule has 0 bridgehead atoms. The number of sulfonamides is 1. The zero-order valence-corrected chi connectivity index (χ0v) is 18.5. The fraction of sp³-hybridized carbons (Fsp3) is 0.409. The van der Waals surface area contributed by atoms with Crippen molar-refractivity contribution in [2.24, 2.45) is 0 Å². The largest absolute Gasteiger partial charge is 0.417 e. The van der Waals surface area contributed by atoms with Crippen LogP contribution in [0.3, 0.4) is 0 Å². The Bertz CT molecular complexity index is 1120. The first-order valence-electron chi connectivity index (χ1n) is 10.6. The molecule has 33 heavy (non-hydrogen) atoms. The van der Waals surface area contributed by atoms with Gasteiger partial charge >= 0.3 is 6.18 Å². The summed E-state index contributed by atoms with van der Waals surface area (Å²) in [5.41, 5.74) is 0.0574. The Labute approximate surface area is 190 Å². The smallest absolute Gasteiger partial charge is 0.378 e. The number of carbonyl (C=O) groups is 1. The third-order valence-corrected chi connectivity index (χ3v) is 7.77. The number of ether oxygens (including phenoxy) is 1. The van der Waals surface area contributed by atoms with E-state index in [2.05, 4.69) is 10.2 Å². The molecule has 2 aromatic rings. The predicted octanol–water partition coefficient (Wildman–Crippen LogP) is 3.33. The lowest BCUT2D eigenvalue weighted by Crippen LogP contribution is -2.44. The van der Waals surface area contributed by atoms with E-state index in [1.165, 1.54) is 6.07 Å². The minimum Gasteiger partial charge on any atom is -0.378 e. The van der Waals surface area contributed by atoms with E-state index in [1.54, 1.807) is 12.1 Å². The van der Waals surface area contributed by atoms with Gasteiger partial charge in [-0.05, 0) is 37.1 Å². The Kier molecular flexibility index (Phi) is 6.64. The maximum Gasteiger partial charge on any atom is 0.417 e. The molecule has 1 atom stereocenters. The summed E-state index contributed by atoms with van der Waals surface area (Å²) in [5, 5.41) is 2.80. The highest BCUT2D eigenvalue weighted by Crippen LogP contribution is 2.37. The molecule has 1 amide bonds. The van der Waals surface area contributed by atoms with Crippen LogP contribution in [0.25, 0.3) is 0 Å². The molecular formula is C22H24F3N3O4S. The number of amides is 1. The van der Waals surface area contributed by atoms with Crippen molar-refractivity contribution in [3.63, 3.8) is 0 Å². The van der Waals surface area contributed by atoms with Crippen LogP contribution >= 0.6 is 0 Å². The van der Waals surface area contributed by atoms with E-state index in [-0.39, 0.29) is 13.0 Å².